The Morgan fingerprint density at radius 1 is 1.60 bits per heavy atom. The van der Waals surface area contributed by atoms with Gasteiger partial charge in [0.2, 0.25) is 0 Å². The average molecular weight is 226 g/mol. The second-order valence-electron chi connectivity index (χ2n) is 4.15. The van der Waals surface area contributed by atoms with Crippen LogP contribution in [0.15, 0.2) is 12.5 Å². The summed E-state index contributed by atoms with van der Waals surface area (Å²) in [6.07, 6.45) is 8.26. The molecule has 0 aromatic carbocycles. The van der Waals surface area contributed by atoms with Gasteiger partial charge >= 0.3 is 0 Å². The van der Waals surface area contributed by atoms with E-state index in [2.05, 4.69) is 22.2 Å². The molecule has 1 aliphatic rings. The van der Waals surface area contributed by atoms with Gasteiger partial charge in [0.15, 0.2) is 0 Å². The van der Waals surface area contributed by atoms with Crippen LogP contribution in [0.2, 0.25) is 5.02 Å². The van der Waals surface area contributed by atoms with Gasteiger partial charge in [-0.3, -0.25) is 0 Å². The van der Waals surface area contributed by atoms with E-state index in [0.29, 0.717) is 11.1 Å². The maximum atomic E-state index is 5.99. The van der Waals surface area contributed by atoms with Crippen molar-refractivity contribution in [3.63, 3.8) is 0 Å². The van der Waals surface area contributed by atoms with Gasteiger partial charge in [-0.15, -0.1) is 0 Å². The van der Waals surface area contributed by atoms with Crippen molar-refractivity contribution in [1.29, 1.82) is 0 Å². The summed E-state index contributed by atoms with van der Waals surface area (Å²) in [7, 11) is 0. The average Bonchev–Trinajstić information content (AvgIpc) is 3.04. The summed E-state index contributed by atoms with van der Waals surface area (Å²) in [5, 5.41) is 3.99. The molecule has 0 amide bonds. The molecule has 1 aromatic rings. The monoisotopic (exact) mass is 225 g/mol. The Labute approximate surface area is 95.3 Å². The third-order valence-corrected chi connectivity index (χ3v) is 3.09. The van der Waals surface area contributed by atoms with Gasteiger partial charge in [0, 0.05) is 6.04 Å². The van der Waals surface area contributed by atoms with Crippen LogP contribution in [0.1, 0.15) is 32.6 Å². The Kier molecular flexibility index (Phi) is 3.41. The first-order valence-electron chi connectivity index (χ1n) is 5.51. The predicted molar refractivity (Wildman–Crippen MR) is 62.1 cm³/mol. The molecule has 1 heterocycles. The fourth-order valence-corrected chi connectivity index (χ4v) is 1.86. The summed E-state index contributed by atoms with van der Waals surface area (Å²) in [6.45, 7) is 2.19. The van der Waals surface area contributed by atoms with Crippen LogP contribution in [0.4, 0.5) is 5.82 Å². The SMILES string of the molecule is CCC(CC1CC1)Nc1ncncc1Cl. The van der Waals surface area contributed by atoms with Crippen LogP contribution in [0, 0.1) is 5.92 Å². The van der Waals surface area contributed by atoms with Gasteiger partial charge in [0.1, 0.15) is 17.2 Å². The molecule has 1 unspecified atom stereocenters. The van der Waals surface area contributed by atoms with Crippen molar-refractivity contribution in [2.45, 2.75) is 38.6 Å². The fourth-order valence-electron chi connectivity index (χ4n) is 1.70. The molecule has 82 valence electrons. The normalized spacial score (nSPS) is 17.5. The van der Waals surface area contributed by atoms with Crippen molar-refractivity contribution in [2.24, 2.45) is 5.92 Å². The molecule has 15 heavy (non-hydrogen) atoms. The lowest BCUT2D eigenvalue weighted by Crippen LogP contribution is -2.20. The maximum absolute atomic E-state index is 5.99. The van der Waals surface area contributed by atoms with Crippen LogP contribution >= 0.6 is 11.6 Å². The Morgan fingerprint density at radius 2 is 2.40 bits per heavy atom. The molecular formula is C11H16ClN3. The van der Waals surface area contributed by atoms with E-state index in [1.54, 1.807) is 6.20 Å². The molecule has 1 N–H and O–H groups in total. The van der Waals surface area contributed by atoms with Gasteiger partial charge in [0.25, 0.3) is 0 Å². The van der Waals surface area contributed by atoms with E-state index >= 15 is 0 Å². The number of rotatable bonds is 5. The molecule has 4 heteroatoms. The number of nitrogens with zero attached hydrogens (tertiary/aromatic N) is 2. The third-order valence-electron chi connectivity index (χ3n) is 2.82. The van der Waals surface area contributed by atoms with Crippen LogP contribution in [-0.2, 0) is 0 Å². The van der Waals surface area contributed by atoms with E-state index in [1.165, 1.54) is 25.6 Å². The van der Waals surface area contributed by atoms with Crippen molar-refractivity contribution in [3.8, 4) is 0 Å². The summed E-state index contributed by atoms with van der Waals surface area (Å²) in [4.78, 5) is 8.01. The van der Waals surface area contributed by atoms with E-state index < -0.39 is 0 Å². The highest BCUT2D eigenvalue weighted by atomic mass is 35.5. The minimum Gasteiger partial charge on any atom is -0.366 e. The van der Waals surface area contributed by atoms with Crippen LogP contribution < -0.4 is 5.32 Å². The van der Waals surface area contributed by atoms with Crippen LogP contribution in [0.25, 0.3) is 0 Å². The van der Waals surface area contributed by atoms with Gasteiger partial charge in [-0.25, -0.2) is 9.97 Å². The highest BCUT2D eigenvalue weighted by Crippen LogP contribution is 2.35. The molecule has 1 aromatic heterocycles. The van der Waals surface area contributed by atoms with Crippen molar-refractivity contribution in [1.82, 2.24) is 9.97 Å². The lowest BCUT2D eigenvalue weighted by atomic mass is 10.1. The molecule has 1 saturated carbocycles. The minimum absolute atomic E-state index is 0.491. The minimum atomic E-state index is 0.491. The second kappa shape index (κ2) is 4.79. The number of anilines is 1. The van der Waals surface area contributed by atoms with E-state index in [9.17, 15) is 0 Å². The Balaban J connectivity index is 1.95. The van der Waals surface area contributed by atoms with E-state index in [1.807, 2.05) is 0 Å². The zero-order chi connectivity index (χ0) is 10.7. The molecular weight excluding hydrogens is 210 g/mol. The molecule has 0 bridgehead atoms. The van der Waals surface area contributed by atoms with Crippen molar-refractivity contribution in [3.05, 3.63) is 17.5 Å². The van der Waals surface area contributed by atoms with Gasteiger partial charge in [0.05, 0.1) is 6.20 Å². The van der Waals surface area contributed by atoms with Crippen LogP contribution in [-0.4, -0.2) is 16.0 Å². The van der Waals surface area contributed by atoms with Gasteiger partial charge < -0.3 is 5.32 Å². The molecule has 1 aliphatic carbocycles. The quantitative estimate of drug-likeness (QED) is 0.837. The number of halogens is 1. The van der Waals surface area contributed by atoms with Gasteiger partial charge in [-0.2, -0.15) is 0 Å². The number of hydrogen-bond donors (Lipinski definition) is 1. The summed E-state index contributed by atoms with van der Waals surface area (Å²) in [6, 6.07) is 0.491. The van der Waals surface area contributed by atoms with Crippen molar-refractivity contribution < 1.29 is 0 Å². The highest BCUT2D eigenvalue weighted by Gasteiger charge is 2.25. The van der Waals surface area contributed by atoms with Gasteiger partial charge in [-0.05, 0) is 18.8 Å². The first-order chi connectivity index (χ1) is 7.29. The highest BCUT2D eigenvalue weighted by molar-refractivity contribution is 6.32. The Hall–Kier alpha value is -0.830. The standard InChI is InChI=1S/C11H16ClN3/c1-2-9(5-8-3-4-8)15-11-10(12)6-13-7-14-11/h6-9H,2-5H2,1H3,(H,13,14,15). The first kappa shape index (κ1) is 10.7. The maximum Gasteiger partial charge on any atom is 0.148 e. The van der Waals surface area contributed by atoms with Crippen molar-refractivity contribution in [2.75, 3.05) is 5.32 Å². The lowest BCUT2D eigenvalue weighted by molar-refractivity contribution is 0.585. The predicted octanol–water partition coefficient (Wildman–Crippen LogP) is 3.12. The largest absolute Gasteiger partial charge is 0.366 e. The lowest BCUT2D eigenvalue weighted by Gasteiger charge is -2.17. The molecule has 0 aliphatic heterocycles. The zero-order valence-corrected chi connectivity index (χ0v) is 9.67. The van der Waals surface area contributed by atoms with E-state index in [4.69, 9.17) is 11.6 Å². The number of hydrogen-bond acceptors (Lipinski definition) is 3. The molecule has 1 atom stereocenters. The summed E-state index contributed by atoms with van der Waals surface area (Å²) < 4.78 is 0. The third kappa shape index (κ3) is 3.06. The molecule has 2 rings (SSSR count). The van der Waals surface area contributed by atoms with Gasteiger partial charge in [-0.1, -0.05) is 31.4 Å². The van der Waals surface area contributed by atoms with Crippen molar-refractivity contribution >= 4 is 17.4 Å². The summed E-state index contributed by atoms with van der Waals surface area (Å²) >= 11 is 5.99. The zero-order valence-electron chi connectivity index (χ0n) is 8.91. The van der Waals surface area contributed by atoms with E-state index in [0.717, 1.165) is 18.2 Å². The second-order valence-corrected chi connectivity index (χ2v) is 4.56. The molecule has 1 fully saturated rings. The van der Waals surface area contributed by atoms with Crippen LogP contribution in [0.5, 0.6) is 0 Å². The molecule has 0 spiro atoms. The summed E-state index contributed by atoms with van der Waals surface area (Å²) in [5.41, 5.74) is 0. The smallest absolute Gasteiger partial charge is 0.148 e. The molecule has 0 saturated heterocycles. The van der Waals surface area contributed by atoms with Crippen LogP contribution in [0.3, 0.4) is 0 Å². The Bertz CT molecular complexity index is 325. The molecule has 3 nitrogen and oxygen atoms in total. The Morgan fingerprint density at radius 3 is 3.00 bits per heavy atom. The van der Waals surface area contributed by atoms with E-state index in [-0.39, 0.29) is 0 Å². The molecule has 0 radical (unpaired) electrons. The number of aromatic nitrogens is 2. The number of nitrogens with one attached hydrogen (secondary N) is 1. The fraction of sp³-hybridized carbons (Fsp3) is 0.636. The summed E-state index contributed by atoms with van der Waals surface area (Å²) in [5.74, 6) is 1.68. The topological polar surface area (TPSA) is 37.8 Å². The first-order valence-corrected chi connectivity index (χ1v) is 5.89.